The lowest BCUT2D eigenvalue weighted by Gasteiger charge is -2.22. The normalized spacial score (nSPS) is 17.0. The molecule has 4 rings (SSSR count). The molecule has 2 aromatic carbocycles. The van der Waals surface area contributed by atoms with Crippen LogP contribution in [0, 0.1) is 0 Å². The molecule has 0 saturated heterocycles. The number of para-hydroxylation sites is 1. The van der Waals surface area contributed by atoms with Crippen LogP contribution in [0.2, 0.25) is 5.02 Å². The summed E-state index contributed by atoms with van der Waals surface area (Å²) in [5, 5.41) is 1.57. The van der Waals surface area contributed by atoms with Gasteiger partial charge in [0.15, 0.2) is 0 Å². The van der Waals surface area contributed by atoms with Crippen molar-refractivity contribution in [2.24, 2.45) is 0 Å². The lowest BCUT2D eigenvalue weighted by molar-refractivity contribution is 0.0983. The van der Waals surface area contributed by atoms with Gasteiger partial charge in [-0.1, -0.05) is 35.9 Å². The highest BCUT2D eigenvalue weighted by molar-refractivity contribution is 6.31. The average Bonchev–Trinajstić information content (AvgIpc) is 3.06. The van der Waals surface area contributed by atoms with Gasteiger partial charge in [-0.25, -0.2) is 0 Å². The summed E-state index contributed by atoms with van der Waals surface area (Å²) in [6.45, 7) is 2.09. The molecule has 1 aliphatic rings. The molecule has 3 aromatic rings. The van der Waals surface area contributed by atoms with E-state index in [2.05, 4.69) is 18.0 Å². The van der Waals surface area contributed by atoms with Crippen molar-refractivity contribution in [3.05, 3.63) is 64.8 Å². The van der Waals surface area contributed by atoms with Gasteiger partial charge in [-0.15, -0.1) is 0 Å². The molecule has 1 N–H and O–H groups in total. The Bertz CT molecular complexity index is 884. The minimum absolute atomic E-state index is 0.0334. The van der Waals surface area contributed by atoms with E-state index in [-0.39, 0.29) is 11.9 Å². The van der Waals surface area contributed by atoms with Crippen LogP contribution in [0.3, 0.4) is 0 Å². The van der Waals surface area contributed by atoms with Crippen LogP contribution >= 0.6 is 11.6 Å². The molecule has 1 unspecified atom stereocenters. The summed E-state index contributed by atoms with van der Waals surface area (Å²) < 4.78 is 0. The summed E-state index contributed by atoms with van der Waals surface area (Å²) in [6.07, 6.45) is 2.67. The maximum absolute atomic E-state index is 13.1. The zero-order valence-corrected chi connectivity index (χ0v) is 12.9. The number of amides is 1. The number of anilines is 1. The highest BCUT2D eigenvalue weighted by Gasteiger charge is 2.32. The number of fused-ring (bicyclic) bond motifs is 2. The first-order chi connectivity index (χ1) is 10.6. The standard InChI is InChI=1S/C18H15ClN2O/c1-11-8-12-4-2-3-5-17(12)21(11)18(22)15-10-20-16-9-13(19)6-7-14(15)16/h2-7,9-11,20H,8H2,1H3. The smallest absolute Gasteiger partial charge is 0.260 e. The number of benzene rings is 2. The first-order valence-electron chi connectivity index (χ1n) is 7.33. The van der Waals surface area contributed by atoms with Crippen molar-refractivity contribution in [3.63, 3.8) is 0 Å². The molecule has 0 fully saturated rings. The van der Waals surface area contributed by atoms with Crippen molar-refractivity contribution in [2.75, 3.05) is 4.90 Å². The zero-order valence-electron chi connectivity index (χ0n) is 12.1. The Morgan fingerprint density at radius 2 is 2.09 bits per heavy atom. The van der Waals surface area contributed by atoms with E-state index in [0.717, 1.165) is 23.0 Å². The predicted molar refractivity (Wildman–Crippen MR) is 89.7 cm³/mol. The van der Waals surface area contributed by atoms with Gasteiger partial charge in [-0.05, 0) is 37.1 Å². The van der Waals surface area contributed by atoms with Crippen LogP contribution in [0.15, 0.2) is 48.7 Å². The van der Waals surface area contributed by atoms with Gasteiger partial charge in [0.05, 0.1) is 5.56 Å². The molecule has 4 heteroatoms. The molecule has 1 aliphatic heterocycles. The third-order valence-electron chi connectivity index (χ3n) is 4.30. The van der Waals surface area contributed by atoms with Crippen molar-refractivity contribution >= 4 is 34.1 Å². The van der Waals surface area contributed by atoms with Crippen LogP contribution in [0.1, 0.15) is 22.8 Å². The van der Waals surface area contributed by atoms with E-state index in [1.54, 1.807) is 6.20 Å². The van der Waals surface area contributed by atoms with Crippen LogP contribution in [-0.4, -0.2) is 16.9 Å². The molecule has 0 spiro atoms. The van der Waals surface area contributed by atoms with Gasteiger partial charge in [0, 0.05) is 33.9 Å². The third kappa shape index (κ3) is 1.93. The fourth-order valence-corrected chi connectivity index (χ4v) is 3.45. The van der Waals surface area contributed by atoms with Gasteiger partial charge in [0.2, 0.25) is 0 Å². The molecule has 0 bridgehead atoms. The third-order valence-corrected chi connectivity index (χ3v) is 4.54. The Morgan fingerprint density at radius 1 is 1.27 bits per heavy atom. The molecule has 0 saturated carbocycles. The topological polar surface area (TPSA) is 36.1 Å². The molecule has 110 valence electrons. The Labute approximate surface area is 133 Å². The van der Waals surface area contributed by atoms with E-state index in [4.69, 9.17) is 11.6 Å². The number of hydrogen-bond acceptors (Lipinski definition) is 1. The Hall–Kier alpha value is -2.26. The summed E-state index contributed by atoms with van der Waals surface area (Å²) in [5.74, 6) is 0.0334. The highest BCUT2D eigenvalue weighted by Crippen LogP contribution is 2.34. The van der Waals surface area contributed by atoms with Gasteiger partial charge < -0.3 is 9.88 Å². The average molecular weight is 311 g/mol. The van der Waals surface area contributed by atoms with E-state index in [1.807, 2.05) is 41.3 Å². The molecule has 1 atom stereocenters. The van der Waals surface area contributed by atoms with Crippen molar-refractivity contribution < 1.29 is 4.79 Å². The summed E-state index contributed by atoms with van der Waals surface area (Å²) in [4.78, 5) is 18.1. The van der Waals surface area contributed by atoms with Gasteiger partial charge >= 0.3 is 0 Å². The minimum atomic E-state index is 0.0334. The molecule has 3 nitrogen and oxygen atoms in total. The summed E-state index contributed by atoms with van der Waals surface area (Å²) >= 11 is 6.01. The number of nitrogens with one attached hydrogen (secondary N) is 1. The lowest BCUT2D eigenvalue weighted by Crippen LogP contribution is -2.35. The summed E-state index contributed by atoms with van der Waals surface area (Å²) in [5.41, 5.74) is 3.82. The number of aromatic nitrogens is 1. The van der Waals surface area contributed by atoms with Crippen LogP contribution < -0.4 is 4.90 Å². The summed E-state index contributed by atoms with van der Waals surface area (Å²) in [7, 11) is 0. The van der Waals surface area contributed by atoms with E-state index >= 15 is 0 Å². The van der Waals surface area contributed by atoms with E-state index in [1.165, 1.54) is 5.56 Å². The largest absolute Gasteiger partial charge is 0.360 e. The molecular weight excluding hydrogens is 296 g/mol. The number of carbonyl (C=O) groups excluding carboxylic acids is 1. The Kier molecular flexibility index (Phi) is 2.98. The second-order valence-corrected chi connectivity index (χ2v) is 6.19. The van der Waals surface area contributed by atoms with Gasteiger partial charge in [-0.3, -0.25) is 4.79 Å². The molecule has 1 amide bonds. The molecule has 1 aromatic heterocycles. The maximum Gasteiger partial charge on any atom is 0.260 e. The maximum atomic E-state index is 13.1. The number of H-pyrrole nitrogens is 1. The molecule has 22 heavy (non-hydrogen) atoms. The van der Waals surface area contributed by atoms with Gasteiger partial charge in [-0.2, -0.15) is 0 Å². The number of halogens is 1. The van der Waals surface area contributed by atoms with Gasteiger partial charge in [0.1, 0.15) is 0 Å². The number of rotatable bonds is 1. The van der Waals surface area contributed by atoms with Crippen molar-refractivity contribution in [3.8, 4) is 0 Å². The molecule has 2 heterocycles. The van der Waals surface area contributed by atoms with Crippen molar-refractivity contribution in [1.29, 1.82) is 0 Å². The first-order valence-corrected chi connectivity index (χ1v) is 7.71. The quantitative estimate of drug-likeness (QED) is 0.710. The number of nitrogens with zero attached hydrogens (tertiary/aromatic N) is 1. The van der Waals surface area contributed by atoms with E-state index in [9.17, 15) is 4.79 Å². The molecular formula is C18H15ClN2O. The molecule has 0 aliphatic carbocycles. The second kappa shape index (κ2) is 4.89. The van der Waals surface area contributed by atoms with Crippen LogP contribution in [0.25, 0.3) is 10.9 Å². The second-order valence-electron chi connectivity index (χ2n) is 5.75. The summed E-state index contributed by atoms with van der Waals surface area (Å²) in [6, 6.07) is 13.8. The van der Waals surface area contributed by atoms with E-state index < -0.39 is 0 Å². The van der Waals surface area contributed by atoms with Crippen molar-refractivity contribution in [1.82, 2.24) is 4.98 Å². The highest BCUT2D eigenvalue weighted by atomic mass is 35.5. The zero-order chi connectivity index (χ0) is 15.3. The Balaban J connectivity index is 1.81. The van der Waals surface area contributed by atoms with Crippen LogP contribution in [-0.2, 0) is 6.42 Å². The van der Waals surface area contributed by atoms with Crippen LogP contribution in [0.5, 0.6) is 0 Å². The first kappa shape index (κ1) is 13.4. The minimum Gasteiger partial charge on any atom is -0.360 e. The fourth-order valence-electron chi connectivity index (χ4n) is 3.28. The predicted octanol–water partition coefficient (Wildman–Crippen LogP) is 4.41. The monoisotopic (exact) mass is 310 g/mol. The van der Waals surface area contributed by atoms with E-state index in [0.29, 0.717) is 10.6 Å². The van der Waals surface area contributed by atoms with Crippen molar-refractivity contribution in [2.45, 2.75) is 19.4 Å². The fraction of sp³-hybridized carbons (Fsp3) is 0.167. The number of aromatic amines is 1. The van der Waals surface area contributed by atoms with Crippen LogP contribution in [0.4, 0.5) is 5.69 Å². The molecule has 0 radical (unpaired) electrons. The van der Waals surface area contributed by atoms with Gasteiger partial charge in [0.25, 0.3) is 5.91 Å². The number of carbonyl (C=O) groups is 1. The lowest BCUT2D eigenvalue weighted by atomic mass is 10.1. The number of hydrogen-bond donors (Lipinski definition) is 1. The Morgan fingerprint density at radius 3 is 2.95 bits per heavy atom. The SMILES string of the molecule is CC1Cc2ccccc2N1C(=O)c1c[nH]c2cc(Cl)ccc12.